The first kappa shape index (κ1) is 16.4. The second-order valence-electron chi connectivity index (χ2n) is 7.02. The number of imide groups is 1. The molecule has 0 bridgehead atoms. The van der Waals surface area contributed by atoms with Crippen LogP contribution in [0.4, 0.5) is 4.79 Å². The number of aromatic nitrogens is 1. The van der Waals surface area contributed by atoms with E-state index >= 15 is 0 Å². The van der Waals surface area contributed by atoms with Gasteiger partial charge in [0.25, 0.3) is 5.91 Å². The third-order valence-corrected chi connectivity index (χ3v) is 6.04. The summed E-state index contributed by atoms with van der Waals surface area (Å²) < 4.78 is 0. The smallest absolute Gasteiger partial charge is 0.322 e. The molecule has 6 nitrogen and oxygen atoms in total. The Hall–Kier alpha value is -1.47. The van der Waals surface area contributed by atoms with Gasteiger partial charge >= 0.3 is 6.03 Å². The first-order valence-electron chi connectivity index (χ1n) is 8.18. The maximum absolute atomic E-state index is 12.1. The Balaban J connectivity index is 1.66. The van der Waals surface area contributed by atoms with Crippen LogP contribution in [0.1, 0.15) is 50.2 Å². The Labute approximate surface area is 140 Å². The molecule has 3 amide bonds. The van der Waals surface area contributed by atoms with Gasteiger partial charge in [-0.2, -0.15) is 0 Å². The quantitative estimate of drug-likeness (QED) is 0.826. The predicted molar refractivity (Wildman–Crippen MR) is 89.3 cm³/mol. The van der Waals surface area contributed by atoms with Gasteiger partial charge in [-0.3, -0.25) is 15.0 Å². The van der Waals surface area contributed by atoms with Gasteiger partial charge in [0.15, 0.2) is 0 Å². The van der Waals surface area contributed by atoms with Crippen LogP contribution in [0.25, 0.3) is 0 Å². The number of hydrogen-bond acceptors (Lipinski definition) is 5. The normalized spacial score (nSPS) is 29.0. The summed E-state index contributed by atoms with van der Waals surface area (Å²) in [7, 11) is 0. The fourth-order valence-electron chi connectivity index (χ4n) is 3.40. The third-order valence-electron chi connectivity index (χ3n) is 4.84. The summed E-state index contributed by atoms with van der Waals surface area (Å²) in [5.74, 6) is 0.384. The molecule has 126 valence electrons. The summed E-state index contributed by atoms with van der Waals surface area (Å²) >= 11 is 1.71. The molecule has 2 atom stereocenters. The zero-order valence-electron chi connectivity index (χ0n) is 13.9. The lowest BCUT2D eigenvalue weighted by Crippen LogP contribution is -2.55. The molecule has 1 aromatic rings. The molecule has 2 aliphatic heterocycles. The van der Waals surface area contributed by atoms with Crippen LogP contribution < -0.4 is 10.6 Å². The first-order chi connectivity index (χ1) is 10.9. The van der Waals surface area contributed by atoms with Crippen LogP contribution in [-0.4, -0.2) is 40.5 Å². The number of hydrogen-bond donors (Lipinski definition) is 2. The van der Waals surface area contributed by atoms with Crippen molar-refractivity contribution in [2.24, 2.45) is 5.92 Å². The number of thiazole rings is 1. The van der Waals surface area contributed by atoms with Gasteiger partial charge in [0.2, 0.25) is 0 Å². The van der Waals surface area contributed by atoms with Crippen molar-refractivity contribution >= 4 is 23.3 Å². The largest absolute Gasteiger partial charge is 0.323 e. The van der Waals surface area contributed by atoms with Crippen LogP contribution in [0, 0.1) is 5.92 Å². The molecule has 1 aromatic heterocycles. The van der Waals surface area contributed by atoms with Crippen molar-refractivity contribution in [2.75, 3.05) is 13.1 Å². The lowest BCUT2D eigenvalue weighted by molar-refractivity contribution is -0.126. The highest BCUT2D eigenvalue weighted by Gasteiger charge is 2.48. The van der Waals surface area contributed by atoms with Gasteiger partial charge in [0, 0.05) is 30.3 Å². The average molecular weight is 336 g/mol. The molecule has 0 saturated carbocycles. The van der Waals surface area contributed by atoms with E-state index in [1.165, 1.54) is 5.01 Å². The lowest BCUT2D eigenvalue weighted by Gasteiger charge is -2.39. The van der Waals surface area contributed by atoms with Gasteiger partial charge in [-0.15, -0.1) is 11.3 Å². The molecular weight excluding hydrogens is 312 g/mol. The summed E-state index contributed by atoms with van der Waals surface area (Å²) in [4.78, 5) is 30.7. The van der Waals surface area contributed by atoms with Gasteiger partial charge in [-0.25, -0.2) is 9.78 Å². The second kappa shape index (κ2) is 6.20. The molecule has 2 unspecified atom stereocenters. The number of piperidine rings is 1. The molecule has 2 aliphatic rings. The SMILES string of the molecule is CC(C)c1nc(CN2CCCC(C3(C)NC(=O)NC3=O)C2)cs1. The molecule has 3 rings (SSSR count). The minimum Gasteiger partial charge on any atom is -0.323 e. The molecule has 2 fully saturated rings. The van der Waals surface area contributed by atoms with Crippen molar-refractivity contribution < 1.29 is 9.59 Å². The first-order valence-corrected chi connectivity index (χ1v) is 9.06. The number of likely N-dealkylation sites (tertiary alicyclic amines) is 1. The summed E-state index contributed by atoms with van der Waals surface area (Å²) in [6, 6.07) is -0.379. The maximum Gasteiger partial charge on any atom is 0.322 e. The second-order valence-corrected chi connectivity index (χ2v) is 7.91. The molecule has 3 heterocycles. The minimum atomic E-state index is -0.791. The zero-order chi connectivity index (χ0) is 16.6. The van der Waals surface area contributed by atoms with E-state index in [-0.39, 0.29) is 17.9 Å². The molecule has 0 spiro atoms. The summed E-state index contributed by atoms with van der Waals surface area (Å²) in [6.07, 6.45) is 1.99. The van der Waals surface area contributed by atoms with E-state index in [9.17, 15) is 9.59 Å². The zero-order valence-corrected chi connectivity index (χ0v) is 14.7. The highest BCUT2D eigenvalue weighted by molar-refractivity contribution is 7.09. The van der Waals surface area contributed by atoms with E-state index in [0.717, 1.165) is 38.2 Å². The highest BCUT2D eigenvalue weighted by Crippen LogP contribution is 2.30. The standard InChI is InChI=1S/C16H24N4O2S/c1-10(2)13-17-12(9-23-13)8-20-6-4-5-11(7-20)16(3)14(21)18-15(22)19-16/h9-11H,4-8H2,1-3H3,(H2,18,19,21,22). The van der Waals surface area contributed by atoms with Gasteiger partial charge in [0.1, 0.15) is 5.54 Å². The van der Waals surface area contributed by atoms with E-state index in [2.05, 4.69) is 34.8 Å². The number of amides is 3. The van der Waals surface area contributed by atoms with Crippen molar-refractivity contribution in [3.8, 4) is 0 Å². The van der Waals surface area contributed by atoms with Crippen molar-refractivity contribution in [1.29, 1.82) is 0 Å². The molecule has 0 aliphatic carbocycles. The van der Waals surface area contributed by atoms with Crippen LogP contribution in [0.5, 0.6) is 0 Å². The molecule has 23 heavy (non-hydrogen) atoms. The number of nitrogens with zero attached hydrogens (tertiary/aromatic N) is 2. The minimum absolute atomic E-state index is 0.130. The molecule has 0 radical (unpaired) electrons. The monoisotopic (exact) mass is 336 g/mol. The fraction of sp³-hybridized carbons (Fsp3) is 0.688. The van der Waals surface area contributed by atoms with Crippen LogP contribution in [-0.2, 0) is 11.3 Å². The van der Waals surface area contributed by atoms with Crippen LogP contribution in [0.15, 0.2) is 5.38 Å². The van der Waals surface area contributed by atoms with Crippen LogP contribution >= 0.6 is 11.3 Å². The molecular formula is C16H24N4O2S. The van der Waals surface area contributed by atoms with Gasteiger partial charge in [-0.1, -0.05) is 13.8 Å². The van der Waals surface area contributed by atoms with E-state index in [1.807, 2.05) is 6.92 Å². The van der Waals surface area contributed by atoms with Gasteiger partial charge in [0.05, 0.1) is 10.7 Å². The molecule has 2 saturated heterocycles. The Morgan fingerprint density at radius 3 is 2.87 bits per heavy atom. The van der Waals surface area contributed by atoms with Crippen LogP contribution in [0.2, 0.25) is 0 Å². The van der Waals surface area contributed by atoms with Crippen LogP contribution in [0.3, 0.4) is 0 Å². The molecule has 7 heteroatoms. The van der Waals surface area contributed by atoms with E-state index < -0.39 is 5.54 Å². The Morgan fingerprint density at radius 2 is 2.26 bits per heavy atom. The fourth-order valence-corrected chi connectivity index (χ4v) is 4.23. The lowest BCUT2D eigenvalue weighted by atomic mass is 9.80. The van der Waals surface area contributed by atoms with Crippen molar-refractivity contribution in [2.45, 2.75) is 51.6 Å². The summed E-state index contributed by atoms with van der Waals surface area (Å²) in [6.45, 7) is 8.77. The number of carbonyl (C=O) groups excluding carboxylic acids is 2. The maximum atomic E-state index is 12.1. The van der Waals surface area contributed by atoms with Gasteiger partial charge in [-0.05, 0) is 26.3 Å². The predicted octanol–water partition coefficient (Wildman–Crippen LogP) is 2.08. The molecule has 2 N–H and O–H groups in total. The number of rotatable bonds is 4. The summed E-state index contributed by atoms with van der Waals surface area (Å²) in [5, 5.41) is 8.48. The van der Waals surface area contributed by atoms with Crippen molar-refractivity contribution in [3.63, 3.8) is 0 Å². The van der Waals surface area contributed by atoms with Crippen molar-refractivity contribution in [1.82, 2.24) is 20.5 Å². The molecule has 0 aromatic carbocycles. The van der Waals surface area contributed by atoms with E-state index in [0.29, 0.717) is 5.92 Å². The highest BCUT2D eigenvalue weighted by atomic mass is 32.1. The van der Waals surface area contributed by atoms with E-state index in [4.69, 9.17) is 4.98 Å². The Kier molecular flexibility index (Phi) is 4.42. The number of nitrogens with one attached hydrogen (secondary N) is 2. The Bertz CT molecular complexity index is 615. The van der Waals surface area contributed by atoms with Gasteiger partial charge < -0.3 is 5.32 Å². The Morgan fingerprint density at radius 1 is 1.48 bits per heavy atom. The third kappa shape index (κ3) is 3.26. The average Bonchev–Trinajstić information content (AvgIpc) is 3.05. The van der Waals surface area contributed by atoms with Crippen molar-refractivity contribution in [3.05, 3.63) is 16.1 Å². The number of urea groups is 1. The topological polar surface area (TPSA) is 74.3 Å². The number of carbonyl (C=O) groups is 2. The summed E-state index contributed by atoms with van der Waals surface area (Å²) in [5.41, 5.74) is 0.311. The van der Waals surface area contributed by atoms with E-state index in [1.54, 1.807) is 11.3 Å².